The Morgan fingerprint density at radius 3 is 2.63 bits per heavy atom. The van der Waals surface area contributed by atoms with Crippen molar-refractivity contribution >= 4 is 12.7 Å². The zero-order valence-corrected chi connectivity index (χ0v) is 11.4. The first-order chi connectivity index (χ1) is 9.25. The van der Waals surface area contributed by atoms with Gasteiger partial charge in [0.25, 0.3) is 0 Å². The lowest BCUT2D eigenvalue weighted by molar-refractivity contribution is 0.624. The topological polar surface area (TPSA) is 0 Å². The summed E-state index contributed by atoms with van der Waals surface area (Å²) >= 11 is 0. The number of rotatable bonds is 6. The van der Waals surface area contributed by atoms with E-state index in [4.69, 9.17) is 0 Å². The Hall–Kier alpha value is -1.57. The highest BCUT2D eigenvalue weighted by atomic mass is 19.1. The fourth-order valence-electron chi connectivity index (χ4n) is 2.24. The molecule has 0 aliphatic rings. The maximum absolute atomic E-state index is 13.0. The Kier molecular flexibility index (Phi) is 5.20. The van der Waals surface area contributed by atoms with Crippen LogP contribution in [0.15, 0.2) is 48.5 Å². The van der Waals surface area contributed by atoms with Gasteiger partial charge in [0.2, 0.25) is 0 Å². The molecule has 19 heavy (non-hydrogen) atoms. The van der Waals surface area contributed by atoms with Gasteiger partial charge in [-0.05, 0) is 37.5 Å². The zero-order chi connectivity index (χ0) is 13.5. The lowest BCUT2D eigenvalue weighted by Crippen LogP contribution is -2.16. The van der Waals surface area contributed by atoms with Gasteiger partial charge in [-0.1, -0.05) is 60.2 Å². The first-order valence-electron chi connectivity index (χ1n) is 6.89. The average Bonchev–Trinajstić information content (AvgIpc) is 2.40. The average molecular weight is 253 g/mol. The Morgan fingerprint density at radius 2 is 1.84 bits per heavy atom. The Morgan fingerprint density at radius 1 is 1.00 bits per heavy atom. The standard InChI is InChI=1S/C17H19BF/c1-14-7-2-3-11-17(14)18-12-5-4-8-15-9-6-10-16(19)13-15/h2-3,6-7,9-11,13H,4-5,8,12H2,1H3. The van der Waals surface area contributed by atoms with Gasteiger partial charge in [0.15, 0.2) is 7.28 Å². The van der Waals surface area contributed by atoms with Gasteiger partial charge in [0, 0.05) is 0 Å². The second-order valence-corrected chi connectivity index (χ2v) is 4.94. The van der Waals surface area contributed by atoms with Crippen molar-refractivity contribution in [2.75, 3.05) is 0 Å². The quantitative estimate of drug-likeness (QED) is 0.541. The van der Waals surface area contributed by atoms with Crippen molar-refractivity contribution in [3.8, 4) is 0 Å². The van der Waals surface area contributed by atoms with Crippen LogP contribution in [0.5, 0.6) is 0 Å². The highest BCUT2D eigenvalue weighted by Gasteiger charge is 2.00. The van der Waals surface area contributed by atoms with Crippen LogP contribution in [0, 0.1) is 12.7 Å². The second-order valence-electron chi connectivity index (χ2n) is 4.94. The van der Waals surface area contributed by atoms with Crippen LogP contribution in [0.4, 0.5) is 4.39 Å². The van der Waals surface area contributed by atoms with Gasteiger partial charge < -0.3 is 0 Å². The molecular weight excluding hydrogens is 234 g/mol. The molecule has 0 aliphatic carbocycles. The van der Waals surface area contributed by atoms with Crippen LogP contribution in [0.3, 0.4) is 0 Å². The van der Waals surface area contributed by atoms with Crippen molar-refractivity contribution in [1.29, 1.82) is 0 Å². The van der Waals surface area contributed by atoms with Crippen LogP contribution in [0.2, 0.25) is 6.32 Å². The number of unbranched alkanes of at least 4 members (excludes halogenated alkanes) is 1. The molecule has 0 N–H and O–H groups in total. The third-order valence-corrected chi connectivity index (χ3v) is 3.36. The molecule has 0 spiro atoms. The molecule has 2 heteroatoms. The molecule has 0 saturated heterocycles. The van der Waals surface area contributed by atoms with Gasteiger partial charge in [-0.2, -0.15) is 0 Å². The molecule has 97 valence electrons. The van der Waals surface area contributed by atoms with Gasteiger partial charge in [-0.15, -0.1) is 0 Å². The van der Waals surface area contributed by atoms with Crippen LogP contribution in [0.1, 0.15) is 24.0 Å². The highest BCUT2D eigenvalue weighted by Crippen LogP contribution is 2.08. The summed E-state index contributed by atoms with van der Waals surface area (Å²) in [6.07, 6.45) is 4.29. The molecule has 0 aromatic heterocycles. The zero-order valence-electron chi connectivity index (χ0n) is 11.4. The van der Waals surface area contributed by atoms with Gasteiger partial charge >= 0.3 is 0 Å². The minimum Gasteiger partial charge on any atom is -0.207 e. The largest absolute Gasteiger partial charge is 0.207 e. The monoisotopic (exact) mass is 253 g/mol. The van der Waals surface area contributed by atoms with Crippen molar-refractivity contribution in [2.45, 2.75) is 32.5 Å². The number of hydrogen-bond acceptors (Lipinski definition) is 0. The van der Waals surface area contributed by atoms with Gasteiger partial charge in [0.05, 0.1) is 0 Å². The van der Waals surface area contributed by atoms with E-state index in [2.05, 4.69) is 38.5 Å². The van der Waals surface area contributed by atoms with E-state index in [-0.39, 0.29) is 5.82 Å². The highest BCUT2D eigenvalue weighted by molar-refractivity contribution is 6.53. The molecule has 0 amide bonds. The Balaban J connectivity index is 1.69. The fraction of sp³-hybridized carbons (Fsp3) is 0.294. The third-order valence-electron chi connectivity index (χ3n) is 3.36. The molecule has 0 aliphatic heterocycles. The van der Waals surface area contributed by atoms with E-state index in [1.54, 1.807) is 12.1 Å². The van der Waals surface area contributed by atoms with Crippen molar-refractivity contribution in [1.82, 2.24) is 0 Å². The summed E-state index contributed by atoms with van der Waals surface area (Å²) in [5.74, 6) is -0.135. The summed E-state index contributed by atoms with van der Waals surface area (Å²) in [4.78, 5) is 0. The van der Waals surface area contributed by atoms with Crippen LogP contribution < -0.4 is 5.46 Å². The molecule has 0 atom stereocenters. The first-order valence-corrected chi connectivity index (χ1v) is 6.89. The molecular formula is C17H19BF. The van der Waals surface area contributed by atoms with E-state index in [0.29, 0.717) is 0 Å². The van der Waals surface area contributed by atoms with Crippen molar-refractivity contribution in [3.63, 3.8) is 0 Å². The molecule has 2 aromatic rings. The van der Waals surface area contributed by atoms with Gasteiger partial charge in [-0.3, -0.25) is 0 Å². The molecule has 2 rings (SSSR count). The van der Waals surface area contributed by atoms with Crippen LogP contribution >= 0.6 is 0 Å². The number of halogens is 1. The van der Waals surface area contributed by atoms with E-state index >= 15 is 0 Å². The molecule has 0 heterocycles. The summed E-state index contributed by atoms with van der Waals surface area (Å²) in [7, 11) is 2.29. The van der Waals surface area contributed by atoms with Crippen LogP contribution in [-0.4, -0.2) is 7.28 Å². The Bertz CT molecular complexity index is 522. The minimum atomic E-state index is -0.135. The van der Waals surface area contributed by atoms with E-state index in [9.17, 15) is 4.39 Å². The number of aryl methyl sites for hydroxylation is 2. The summed E-state index contributed by atoms with van der Waals surface area (Å²) < 4.78 is 13.0. The maximum Gasteiger partial charge on any atom is 0.151 e. The normalized spacial score (nSPS) is 10.4. The maximum atomic E-state index is 13.0. The molecule has 0 bridgehead atoms. The number of benzene rings is 2. The lowest BCUT2D eigenvalue weighted by atomic mass is 9.64. The molecule has 1 radical (unpaired) electrons. The van der Waals surface area contributed by atoms with Crippen LogP contribution in [0.25, 0.3) is 0 Å². The van der Waals surface area contributed by atoms with Crippen molar-refractivity contribution < 1.29 is 4.39 Å². The Labute approximate surface area is 115 Å². The smallest absolute Gasteiger partial charge is 0.151 e. The fourth-order valence-corrected chi connectivity index (χ4v) is 2.24. The summed E-state index contributed by atoms with van der Waals surface area (Å²) in [5.41, 5.74) is 3.75. The third kappa shape index (κ3) is 4.55. The van der Waals surface area contributed by atoms with Crippen LogP contribution in [-0.2, 0) is 6.42 Å². The summed E-state index contributed by atoms with van der Waals surface area (Å²) in [5, 5.41) is 0. The van der Waals surface area contributed by atoms with E-state index in [1.165, 1.54) is 17.1 Å². The van der Waals surface area contributed by atoms with E-state index < -0.39 is 0 Å². The van der Waals surface area contributed by atoms with Gasteiger partial charge in [0.1, 0.15) is 5.82 Å². The van der Waals surface area contributed by atoms with Crippen molar-refractivity contribution in [3.05, 3.63) is 65.5 Å². The molecule has 0 nitrogen and oxygen atoms in total. The molecule has 0 unspecified atom stereocenters. The lowest BCUT2D eigenvalue weighted by Gasteiger charge is -2.04. The predicted octanol–water partition coefficient (Wildman–Crippen LogP) is 3.90. The molecule has 0 fully saturated rings. The number of hydrogen-bond donors (Lipinski definition) is 0. The SMILES string of the molecule is Cc1ccccc1[B]CCCCc1cccc(F)c1. The summed E-state index contributed by atoms with van der Waals surface area (Å²) in [6, 6.07) is 15.3. The minimum absolute atomic E-state index is 0.135. The van der Waals surface area contributed by atoms with E-state index in [0.717, 1.165) is 31.1 Å². The van der Waals surface area contributed by atoms with E-state index in [1.807, 2.05) is 6.07 Å². The summed E-state index contributed by atoms with van der Waals surface area (Å²) in [6.45, 7) is 2.14. The molecule has 0 saturated carbocycles. The second kappa shape index (κ2) is 7.13. The van der Waals surface area contributed by atoms with Gasteiger partial charge in [-0.25, -0.2) is 4.39 Å². The molecule has 2 aromatic carbocycles. The van der Waals surface area contributed by atoms with Crippen molar-refractivity contribution in [2.24, 2.45) is 0 Å². The predicted molar refractivity (Wildman–Crippen MR) is 80.7 cm³/mol. The first kappa shape index (κ1) is 13.9.